The summed E-state index contributed by atoms with van der Waals surface area (Å²) in [7, 11) is 1.55. The number of benzene rings is 1. The molecule has 4 amide bonds. The molecule has 0 aromatic heterocycles. The van der Waals surface area contributed by atoms with E-state index in [-0.39, 0.29) is 18.5 Å². The minimum Gasteiger partial charge on any atom is -0.497 e. The summed E-state index contributed by atoms with van der Waals surface area (Å²) in [6.45, 7) is 1.38. The maximum atomic E-state index is 12.7. The van der Waals surface area contributed by atoms with Gasteiger partial charge in [0.2, 0.25) is 5.91 Å². The van der Waals surface area contributed by atoms with Gasteiger partial charge in [0.05, 0.1) is 7.11 Å². The first-order chi connectivity index (χ1) is 10.9. The lowest BCUT2D eigenvalue weighted by Gasteiger charge is -2.22. The van der Waals surface area contributed by atoms with Crippen LogP contribution in [0.5, 0.6) is 5.75 Å². The number of rotatable bonds is 5. The molecule has 1 saturated heterocycles. The Labute approximate surface area is 134 Å². The molecule has 1 unspecified atom stereocenters. The van der Waals surface area contributed by atoms with Crippen molar-refractivity contribution in [3.05, 3.63) is 29.8 Å². The average Bonchev–Trinajstić information content (AvgIpc) is 3.32. The normalized spacial score (nSPS) is 23.7. The standard InChI is InChI=1S/C16H19N3O4/c1-16(10-3-7-12(23-2)8-4-10)14(21)19(15(22)18-16)9-13(20)17-11-5-6-11/h3-4,7-8,11H,5-6,9H2,1-2H3,(H,17,20)(H,18,22). The van der Waals surface area contributed by atoms with Crippen LogP contribution in [0.3, 0.4) is 0 Å². The molecule has 1 aromatic rings. The Kier molecular flexibility index (Phi) is 3.71. The fourth-order valence-electron chi connectivity index (χ4n) is 2.61. The zero-order chi connectivity index (χ0) is 16.6. The minimum absolute atomic E-state index is 0.191. The zero-order valence-corrected chi connectivity index (χ0v) is 13.1. The predicted octanol–water partition coefficient (Wildman–Crippen LogP) is 0.741. The Balaban J connectivity index is 1.76. The Morgan fingerprint density at radius 2 is 2.00 bits per heavy atom. The predicted molar refractivity (Wildman–Crippen MR) is 81.8 cm³/mol. The Morgan fingerprint density at radius 1 is 1.35 bits per heavy atom. The SMILES string of the molecule is COc1ccc(C2(C)NC(=O)N(CC(=O)NC3CC3)C2=O)cc1. The molecule has 7 nitrogen and oxygen atoms in total. The van der Waals surface area contributed by atoms with Crippen LogP contribution in [0.25, 0.3) is 0 Å². The molecule has 0 radical (unpaired) electrons. The number of urea groups is 1. The van der Waals surface area contributed by atoms with Gasteiger partial charge in [0.15, 0.2) is 0 Å². The van der Waals surface area contributed by atoms with Gasteiger partial charge in [-0.05, 0) is 37.5 Å². The molecule has 1 aliphatic heterocycles. The monoisotopic (exact) mass is 317 g/mol. The summed E-state index contributed by atoms with van der Waals surface area (Å²) in [6.07, 6.45) is 1.91. The number of imide groups is 1. The van der Waals surface area contributed by atoms with Crippen molar-refractivity contribution < 1.29 is 19.1 Å². The maximum Gasteiger partial charge on any atom is 0.325 e. The summed E-state index contributed by atoms with van der Waals surface area (Å²) in [6, 6.07) is 6.54. The highest BCUT2D eigenvalue weighted by atomic mass is 16.5. The van der Waals surface area contributed by atoms with Crippen LogP contribution in [-0.4, -0.2) is 42.4 Å². The molecule has 1 heterocycles. The van der Waals surface area contributed by atoms with Gasteiger partial charge in [-0.25, -0.2) is 4.79 Å². The molecule has 2 N–H and O–H groups in total. The first-order valence-corrected chi connectivity index (χ1v) is 7.52. The van der Waals surface area contributed by atoms with E-state index in [0.29, 0.717) is 11.3 Å². The van der Waals surface area contributed by atoms with Crippen LogP contribution in [0, 0.1) is 0 Å². The van der Waals surface area contributed by atoms with Crippen LogP contribution in [-0.2, 0) is 15.1 Å². The quantitative estimate of drug-likeness (QED) is 0.784. The smallest absolute Gasteiger partial charge is 0.325 e. The van der Waals surface area contributed by atoms with Crippen molar-refractivity contribution >= 4 is 17.8 Å². The summed E-state index contributed by atoms with van der Waals surface area (Å²) in [5.41, 5.74) is -0.537. The van der Waals surface area contributed by atoms with Gasteiger partial charge in [-0.2, -0.15) is 0 Å². The summed E-state index contributed by atoms with van der Waals surface area (Å²) in [5.74, 6) is -0.0802. The third-order valence-corrected chi connectivity index (χ3v) is 4.19. The van der Waals surface area contributed by atoms with Gasteiger partial charge in [-0.1, -0.05) is 12.1 Å². The fourth-order valence-corrected chi connectivity index (χ4v) is 2.61. The topological polar surface area (TPSA) is 87.7 Å². The molecule has 122 valence electrons. The van der Waals surface area contributed by atoms with E-state index in [4.69, 9.17) is 4.74 Å². The fraction of sp³-hybridized carbons (Fsp3) is 0.438. The van der Waals surface area contributed by atoms with Crippen LogP contribution < -0.4 is 15.4 Å². The number of amides is 4. The number of ether oxygens (including phenoxy) is 1. The van der Waals surface area contributed by atoms with E-state index in [2.05, 4.69) is 10.6 Å². The number of methoxy groups -OCH3 is 1. The van der Waals surface area contributed by atoms with Gasteiger partial charge in [-0.15, -0.1) is 0 Å². The molecule has 2 fully saturated rings. The molecular weight excluding hydrogens is 298 g/mol. The molecule has 0 bridgehead atoms. The lowest BCUT2D eigenvalue weighted by molar-refractivity contribution is -0.134. The van der Waals surface area contributed by atoms with Crippen molar-refractivity contribution in [3.8, 4) is 5.75 Å². The van der Waals surface area contributed by atoms with Crippen molar-refractivity contribution in [2.24, 2.45) is 0 Å². The summed E-state index contributed by atoms with van der Waals surface area (Å²) < 4.78 is 5.09. The summed E-state index contributed by atoms with van der Waals surface area (Å²) >= 11 is 0. The van der Waals surface area contributed by atoms with Gasteiger partial charge in [0.25, 0.3) is 5.91 Å². The number of carbonyl (C=O) groups excluding carboxylic acids is 3. The number of nitrogens with one attached hydrogen (secondary N) is 2. The van der Waals surface area contributed by atoms with E-state index in [1.165, 1.54) is 0 Å². The first-order valence-electron chi connectivity index (χ1n) is 7.52. The highest BCUT2D eigenvalue weighted by molar-refractivity contribution is 6.09. The molecule has 7 heteroatoms. The van der Waals surface area contributed by atoms with Crippen molar-refractivity contribution in [1.29, 1.82) is 0 Å². The maximum absolute atomic E-state index is 12.7. The van der Waals surface area contributed by atoms with E-state index in [9.17, 15) is 14.4 Å². The van der Waals surface area contributed by atoms with Crippen LogP contribution >= 0.6 is 0 Å². The first kappa shape index (κ1) is 15.3. The van der Waals surface area contributed by atoms with Crippen LogP contribution in [0.4, 0.5) is 4.79 Å². The molecule has 1 atom stereocenters. The zero-order valence-electron chi connectivity index (χ0n) is 13.1. The second-order valence-electron chi connectivity index (χ2n) is 6.02. The van der Waals surface area contributed by atoms with Crippen molar-refractivity contribution in [2.75, 3.05) is 13.7 Å². The molecule has 2 aliphatic rings. The average molecular weight is 317 g/mol. The second kappa shape index (κ2) is 5.57. The van der Waals surface area contributed by atoms with E-state index in [0.717, 1.165) is 17.7 Å². The molecule has 3 rings (SSSR count). The van der Waals surface area contributed by atoms with Gasteiger partial charge < -0.3 is 15.4 Å². The molecule has 1 saturated carbocycles. The Hall–Kier alpha value is -2.57. The van der Waals surface area contributed by atoms with Gasteiger partial charge >= 0.3 is 6.03 Å². The lowest BCUT2D eigenvalue weighted by Crippen LogP contribution is -2.43. The molecule has 1 aliphatic carbocycles. The molecule has 23 heavy (non-hydrogen) atoms. The van der Waals surface area contributed by atoms with Gasteiger partial charge in [0.1, 0.15) is 17.8 Å². The van der Waals surface area contributed by atoms with E-state index in [1.807, 2.05) is 0 Å². The highest BCUT2D eigenvalue weighted by Gasteiger charge is 2.49. The molecule has 0 spiro atoms. The number of hydrogen-bond donors (Lipinski definition) is 2. The van der Waals surface area contributed by atoms with Crippen LogP contribution in [0.15, 0.2) is 24.3 Å². The van der Waals surface area contributed by atoms with Crippen LogP contribution in [0.2, 0.25) is 0 Å². The van der Waals surface area contributed by atoms with Crippen LogP contribution in [0.1, 0.15) is 25.3 Å². The molecular formula is C16H19N3O4. The van der Waals surface area contributed by atoms with E-state index in [1.54, 1.807) is 38.3 Å². The lowest BCUT2D eigenvalue weighted by atomic mass is 9.92. The van der Waals surface area contributed by atoms with Crippen molar-refractivity contribution in [2.45, 2.75) is 31.3 Å². The van der Waals surface area contributed by atoms with Gasteiger partial charge in [0, 0.05) is 6.04 Å². The number of hydrogen-bond acceptors (Lipinski definition) is 4. The highest BCUT2D eigenvalue weighted by Crippen LogP contribution is 2.30. The second-order valence-corrected chi connectivity index (χ2v) is 6.02. The van der Waals surface area contributed by atoms with Crippen molar-refractivity contribution in [1.82, 2.24) is 15.5 Å². The van der Waals surface area contributed by atoms with E-state index >= 15 is 0 Å². The Morgan fingerprint density at radius 3 is 2.57 bits per heavy atom. The number of nitrogens with zero attached hydrogens (tertiary/aromatic N) is 1. The number of carbonyl (C=O) groups is 3. The molecule has 1 aromatic carbocycles. The third-order valence-electron chi connectivity index (χ3n) is 4.19. The summed E-state index contributed by atoms with van der Waals surface area (Å²) in [5, 5.41) is 5.45. The summed E-state index contributed by atoms with van der Waals surface area (Å²) in [4.78, 5) is 37.6. The minimum atomic E-state index is -1.18. The largest absolute Gasteiger partial charge is 0.497 e. The van der Waals surface area contributed by atoms with E-state index < -0.39 is 17.5 Å². The Bertz CT molecular complexity index is 654. The van der Waals surface area contributed by atoms with Gasteiger partial charge in [-0.3, -0.25) is 14.5 Å². The third kappa shape index (κ3) is 2.86. The van der Waals surface area contributed by atoms with Crippen molar-refractivity contribution in [3.63, 3.8) is 0 Å².